The Morgan fingerprint density at radius 1 is 1.06 bits per heavy atom. The van der Waals surface area contributed by atoms with E-state index in [1.807, 2.05) is 13.8 Å². The molecule has 0 aliphatic carbocycles. The third-order valence-corrected chi connectivity index (χ3v) is 7.69. The Morgan fingerprint density at radius 3 is 2.29 bits per heavy atom. The molecule has 0 radical (unpaired) electrons. The minimum absolute atomic E-state index is 0.0623. The Labute approximate surface area is 202 Å². The highest BCUT2D eigenvalue weighted by atomic mass is 32.2. The van der Waals surface area contributed by atoms with Crippen molar-refractivity contribution < 1.29 is 27.4 Å². The van der Waals surface area contributed by atoms with Crippen molar-refractivity contribution in [3.8, 4) is 5.75 Å². The molecule has 1 amide bonds. The van der Waals surface area contributed by atoms with E-state index < -0.39 is 21.7 Å². The zero-order chi connectivity index (χ0) is 24.6. The molecule has 1 aliphatic heterocycles. The molecule has 34 heavy (non-hydrogen) atoms. The number of nitrogens with zero attached hydrogens (tertiary/aromatic N) is 1. The Morgan fingerprint density at radius 2 is 1.71 bits per heavy atom. The number of methoxy groups -OCH3 is 1. The van der Waals surface area contributed by atoms with Crippen LogP contribution < -0.4 is 10.1 Å². The molecule has 0 saturated carbocycles. The van der Waals surface area contributed by atoms with Gasteiger partial charge >= 0.3 is 6.09 Å². The van der Waals surface area contributed by atoms with Crippen molar-refractivity contribution in [2.45, 2.75) is 56.1 Å². The number of sulfonamides is 1. The van der Waals surface area contributed by atoms with E-state index in [4.69, 9.17) is 14.2 Å². The fraction of sp³-hybridized carbons (Fsp3) is 0.480. The van der Waals surface area contributed by atoms with Crippen LogP contribution in [0.2, 0.25) is 0 Å². The van der Waals surface area contributed by atoms with Gasteiger partial charge in [0, 0.05) is 45.3 Å². The number of piperidine rings is 1. The fourth-order valence-electron chi connectivity index (χ4n) is 4.05. The molecule has 1 fully saturated rings. The quantitative estimate of drug-likeness (QED) is 0.486. The number of rotatable bonds is 10. The highest BCUT2D eigenvalue weighted by Gasteiger charge is 2.41. The van der Waals surface area contributed by atoms with Gasteiger partial charge in [-0.05, 0) is 63.1 Å². The summed E-state index contributed by atoms with van der Waals surface area (Å²) in [5.41, 5.74) is -0.163. The topological polar surface area (TPSA) is 94.2 Å². The largest absolute Gasteiger partial charge is 0.491 e. The standard InChI is InChI=1S/C25H34N2O6S/c1-20(2)32-22-12-10-21(11-13-22)26-24(28)33-25(14-7-19-31-3)15-17-27(18-16-25)34(29,30)23-8-5-4-6-9-23/h4-6,8-13,20H,7,14-19H2,1-3H3,(H,26,28). The Bertz CT molecular complexity index is 1020. The monoisotopic (exact) mass is 490 g/mol. The molecule has 2 aromatic carbocycles. The molecule has 3 rings (SSSR count). The fourth-order valence-corrected chi connectivity index (χ4v) is 5.51. The van der Waals surface area contributed by atoms with E-state index in [2.05, 4.69) is 5.32 Å². The van der Waals surface area contributed by atoms with E-state index in [0.29, 0.717) is 38.0 Å². The molecule has 1 aliphatic rings. The summed E-state index contributed by atoms with van der Waals surface area (Å²) in [5, 5.41) is 2.77. The SMILES string of the molecule is COCCCC1(OC(=O)Nc2ccc(OC(C)C)cc2)CCN(S(=O)(=O)c2ccccc2)CC1. The first kappa shape index (κ1) is 26.0. The lowest BCUT2D eigenvalue weighted by molar-refractivity contribution is -0.0276. The summed E-state index contributed by atoms with van der Waals surface area (Å²) in [6.45, 7) is 4.99. The van der Waals surface area contributed by atoms with Crippen LogP contribution in [0.4, 0.5) is 10.5 Å². The zero-order valence-electron chi connectivity index (χ0n) is 20.0. The summed E-state index contributed by atoms with van der Waals surface area (Å²) in [6.07, 6.45) is 1.63. The molecule has 2 aromatic rings. The predicted octanol–water partition coefficient (Wildman–Crippen LogP) is 4.67. The summed E-state index contributed by atoms with van der Waals surface area (Å²) in [5.74, 6) is 0.719. The van der Waals surface area contributed by atoms with Gasteiger partial charge in [0.05, 0.1) is 11.0 Å². The van der Waals surface area contributed by atoms with Gasteiger partial charge in [0.25, 0.3) is 0 Å². The van der Waals surface area contributed by atoms with Crippen LogP contribution in [0.15, 0.2) is 59.5 Å². The molecule has 8 nitrogen and oxygen atoms in total. The van der Waals surface area contributed by atoms with Gasteiger partial charge < -0.3 is 14.2 Å². The van der Waals surface area contributed by atoms with Crippen LogP contribution in [0.5, 0.6) is 5.75 Å². The van der Waals surface area contributed by atoms with Gasteiger partial charge in [-0.1, -0.05) is 18.2 Å². The molecule has 0 unspecified atom stereocenters. The van der Waals surface area contributed by atoms with Gasteiger partial charge in [-0.15, -0.1) is 0 Å². The first-order valence-corrected chi connectivity index (χ1v) is 13.0. The Balaban J connectivity index is 1.65. The highest BCUT2D eigenvalue weighted by Crippen LogP contribution is 2.34. The lowest BCUT2D eigenvalue weighted by Crippen LogP contribution is -2.49. The van der Waals surface area contributed by atoms with E-state index in [0.717, 1.165) is 5.75 Å². The number of carbonyl (C=O) groups excluding carboxylic acids is 1. The van der Waals surface area contributed by atoms with Crippen molar-refractivity contribution >= 4 is 21.8 Å². The smallest absolute Gasteiger partial charge is 0.412 e. The summed E-state index contributed by atoms with van der Waals surface area (Å²) in [4.78, 5) is 13.0. The van der Waals surface area contributed by atoms with E-state index in [1.165, 1.54) is 4.31 Å². The molecule has 1 saturated heterocycles. The van der Waals surface area contributed by atoms with Gasteiger partial charge in [-0.25, -0.2) is 13.2 Å². The normalized spacial score (nSPS) is 16.2. The molecular formula is C25H34N2O6S. The number of carbonyl (C=O) groups is 1. The second-order valence-electron chi connectivity index (χ2n) is 8.70. The van der Waals surface area contributed by atoms with Crippen LogP contribution in [0.3, 0.4) is 0 Å². The van der Waals surface area contributed by atoms with Crippen molar-refractivity contribution in [3.05, 3.63) is 54.6 Å². The molecule has 1 N–H and O–H groups in total. The number of nitrogens with one attached hydrogen (secondary N) is 1. The van der Waals surface area contributed by atoms with E-state index in [-0.39, 0.29) is 24.1 Å². The molecule has 1 heterocycles. The van der Waals surface area contributed by atoms with Crippen molar-refractivity contribution in [2.24, 2.45) is 0 Å². The number of amides is 1. The van der Waals surface area contributed by atoms with E-state index in [1.54, 1.807) is 61.7 Å². The summed E-state index contributed by atoms with van der Waals surface area (Å²) in [7, 11) is -1.96. The van der Waals surface area contributed by atoms with Gasteiger partial charge in [-0.3, -0.25) is 5.32 Å². The minimum Gasteiger partial charge on any atom is -0.491 e. The van der Waals surface area contributed by atoms with Crippen LogP contribution in [0, 0.1) is 0 Å². The van der Waals surface area contributed by atoms with Gasteiger partial charge in [0.2, 0.25) is 10.0 Å². The van der Waals surface area contributed by atoms with Gasteiger partial charge in [-0.2, -0.15) is 4.31 Å². The number of hydrogen-bond acceptors (Lipinski definition) is 6. The number of hydrogen-bond donors (Lipinski definition) is 1. The maximum absolute atomic E-state index is 13.0. The van der Waals surface area contributed by atoms with Crippen molar-refractivity contribution in [2.75, 3.05) is 32.1 Å². The van der Waals surface area contributed by atoms with Crippen LogP contribution in [0.1, 0.15) is 39.5 Å². The lowest BCUT2D eigenvalue weighted by Gasteiger charge is -2.40. The Hall–Kier alpha value is -2.62. The molecular weight excluding hydrogens is 456 g/mol. The maximum atomic E-state index is 13.0. The maximum Gasteiger partial charge on any atom is 0.412 e. The molecule has 0 bridgehead atoms. The molecule has 0 aromatic heterocycles. The number of ether oxygens (including phenoxy) is 3. The number of anilines is 1. The van der Waals surface area contributed by atoms with Gasteiger partial charge in [0.15, 0.2) is 0 Å². The first-order valence-electron chi connectivity index (χ1n) is 11.5. The van der Waals surface area contributed by atoms with Crippen LogP contribution >= 0.6 is 0 Å². The van der Waals surface area contributed by atoms with E-state index >= 15 is 0 Å². The van der Waals surface area contributed by atoms with Crippen LogP contribution in [-0.2, 0) is 19.5 Å². The van der Waals surface area contributed by atoms with Gasteiger partial charge in [0.1, 0.15) is 11.4 Å². The minimum atomic E-state index is -3.59. The molecule has 0 spiro atoms. The average molecular weight is 491 g/mol. The second kappa shape index (κ2) is 11.7. The zero-order valence-corrected chi connectivity index (χ0v) is 20.8. The summed E-state index contributed by atoms with van der Waals surface area (Å²) in [6, 6.07) is 15.5. The second-order valence-corrected chi connectivity index (χ2v) is 10.6. The Kier molecular flexibility index (Phi) is 8.93. The third-order valence-electron chi connectivity index (χ3n) is 5.78. The molecule has 186 valence electrons. The lowest BCUT2D eigenvalue weighted by atomic mass is 9.87. The number of benzene rings is 2. The highest BCUT2D eigenvalue weighted by molar-refractivity contribution is 7.89. The van der Waals surface area contributed by atoms with Crippen LogP contribution in [0.25, 0.3) is 0 Å². The summed E-state index contributed by atoms with van der Waals surface area (Å²) < 4.78 is 44.2. The molecule has 9 heteroatoms. The first-order chi connectivity index (χ1) is 16.2. The summed E-state index contributed by atoms with van der Waals surface area (Å²) >= 11 is 0. The predicted molar refractivity (Wildman–Crippen MR) is 131 cm³/mol. The average Bonchev–Trinajstić information content (AvgIpc) is 2.81. The molecule has 0 atom stereocenters. The third kappa shape index (κ3) is 6.94. The van der Waals surface area contributed by atoms with Crippen molar-refractivity contribution in [1.82, 2.24) is 4.31 Å². The van der Waals surface area contributed by atoms with Crippen LogP contribution in [-0.4, -0.2) is 57.3 Å². The van der Waals surface area contributed by atoms with Crippen molar-refractivity contribution in [3.63, 3.8) is 0 Å². The van der Waals surface area contributed by atoms with E-state index in [9.17, 15) is 13.2 Å². The van der Waals surface area contributed by atoms with Crippen molar-refractivity contribution in [1.29, 1.82) is 0 Å².